The van der Waals surface area contributed by atoms with Crippen LogP contribution in [0.25, 0.3) is 0 Å². The molecule has 166 valence electrons. The molecule has 0 saturated carbocycles. The smallest absolute Gasteiger partial charge is 0.323 e. The number of hydrogen-bond acceptors (Lipinski definition) is 6. The van der Waals surface area contributed by atoms with E-state index in [1.807, 2.05) is 18.2 Å². The fourth-order valence-corrected chi connectivity index (χ4v) is 4.90. The molecule has 1 aromatic carbocycles. The molecule has 0 aliphatic carbocycles. The maximum absolute atomic E-state index is 13.2. The van der Waals surface area contributed by atoms with Crippen molar-refractivity contribution in [3.8, 4) is 0 Å². The highest BCUT2D eigenvalue weighted by Crippen LogP contribution is 2.31. The lowest BCUT2D eigenvalue weighted by atomic mass is 9.82. The first-order chi connectivity index (χ1) is 14.4. The average molecular weight is 417 g/mol. The number of carbonyl (C=O) groups is 2. The Morgan fingerprint density at radius 3 is 2.57 bits per heavy atom. The quantitative estimate of drug-likeness (QED) is 0.478. The van der Waals surface area contributed by atoms with Crippen molar-refractivity contribution in [2.45, 2.75) is 52.1 Å². The predicted octanol–water partition coefficient (Wildman–Crippen LogP) is 3.39. The van der Waals surface area contributed by atoms with E-state index in [-0.39, 0.29) is 29.8 Å². The fraction of sp³-hybridized carbons (Fsp3) is 0.667. The molecule has 3 atom stereocenters. The van der Waals surface area contributed by atoms with Crippen LogP contribution < -0.4 is 4.90 Å². The number of esters is 1. The summed E-state index contributed by atoms with van der Waals surface area (Å²) in [6.45, 7) is 10.5. The third kappa shape index (κ3) is 5.22. The highest BCUT2D eigenvalue weighted by molar-refractivity contribution is 5.97. The standard InChI is InChI=1S/C24H36N2O4/c1-17(2)21(18(3)26-10-6-9-22(26)24(28)29-4)16-23(27)19-7-5-8-20(15-19)25-11-13-30-14-12-25/h5,7-8,15,17-18,21-22H,6,9-14,16H2,1-4H3/t18?,21-,22-/m0/s1. The number of nitrogens with zero attached hydrogens (tertiary/aromatic N) is 2. The zero-order valence-corrected chi connectivity index (χ0v) is 18.8. The third-order valence-corrected chi connectivity index (χ3v) is 6.73. The molecule has 6 heteroatoms. The zero-order chi connectivity index (χ0) is 21.7. The molecule has 0 radical (unpaired) electrons. The number of hydrogen-bond donors (Lipinski definition) is 0. The molecule has 2 aliphatic heterocycles. The second kappa shape index (κ2) is 10.4. The number of anilines is 1. The molecule has 1 unspecified atom stereocenters. The molecule has 0 N–H and O–H groups in total. The van der Waals surface area contributed by atoms with Crippen LogP contribution >= 0.6 is 0 Å². The molecule has 2 heterocycles. The second-order valence-electron chi connectivity index (χ2n) is 8.84. The second-order valence-corrected chi connectivity index (χ2v) is 8.84. The summed E-state index contributed by atoms with van der Waals surface area (Å²) in [5.41, 5.74) is 1.85. The van der Waals surface area contributed by atoms with Crippen molar-refractivity contribution in [2.24, 2.45) is 11.8 Å². The van der Waals surface area contributed by atoms with Gasteiger partial charge < -0.3 is 14.4 Å². The molecule has 1 aromatic rings. The Balaban J connectivity index is 1.72. The van der Waals surface area contributed by atoms with Gasteiger partial charge in [-0.3, -0.25) is 14.5 Å². The Hall–Kier alpha value is -1.92. The van der Waals surface area contributed by atoms with Gasteiger partial charge in [0.05, 0.1) is 20.3 Å². The van der Waals surface area contributed by atoms with E-state index in [2.05, 4.69) is 36.6 Å². The molecule has 2 aliphatic rings. The average Bonchev–Trinajstić information content (AvgIpc) is 3.27. The highest BCUT2D eigenvalue weighted by Gasteiger charge is 2.38. The number of Topliss-reactive ketones (excluding diaryl/α,β-unsaturated/α-hetero) is 1. The van der Waals surface area contributed by atoms with Gasteiger partial charge in [-0.05, 0) is 50.3 Å². The summed E-state index contributed by atoms with van der Waals surface area (Å²) >= 11 is 0. The Labute approximate surface area is 180 Å². The number of morpholine rings is 1. The number of ketones is 1. The van der Waals surface area contributed by atoms with Crippen molar-refractivity contribution in [1.29, 1.82) is 0 Å². The first kappa shape index (κ1) is 22.8. The summed E-state index contributed by atoms with van der Waals surface area (Å²) in [6.07, 6.45) is 2.30. The van der Waals surface area contributed by atoms with Crippen molar-refractivity contribution in [2.75, 3.05) is 44.9 Å². The van der Waals surface area contributed by atoms with Crippen LogP contribution in [0, 0.1) is 11.8 Å². The van der Waals surface area contributed by atoms with Gasteiger partial charge in [-0.2, -0.15) is 0 Å². The summed E-state index contributed by atoms with van der Waals surface area (Å²) < 4.78 is 10.5. The minimum absolute atomic E-state index is 0.142. The first-order valence-corrected chi connectivity index (χ1v) is 11.2. The van der Waals surface area contributed by atoms with Gasteiger partial charge in [-0.25, -0.2) is 0 Å². The molecule has 6 nitrogen and oxygen atoms in total. The summed E-state index contributed by atoms with van der Waals surface area (Å²) in [4.78, 5) is 30.0. The van der Waals surface area contributed by atoms with Crippen LogP contribution in [0.1, 0.15) is 50.4 Å². The van der Waals surface area contributed by atoms with Crippen molar-refractivity contribution in [1.82, 2.24) is 4.90 Å². The van der Waals surface area contributed by atoms with E-state index in [1.54, 1.807) is 0 Å². The Kier molecular flexibility index (Phi) is 7.89. The van der Waals surface area contributed by atoms with Gasteiger partial charge in [-0.15, -0.1) is 0 Å². The van der Waals surface area contributed by atoms with Crippen LogP contribution in [0.5, 0.6) is 0 Å². The van der Waals surface area contributed by atoms with Crippen molar-refractivity contribution in [3.05, 3.63) is 29.8 Å². The van der Waals surface area contributed by atoms with Crippen LogP contribution in [0.2, 0.25) is 0 Å². The normalized spacial score (nSPS) is 22.2. The van der Waals surface area contributed by atoms with Gasteiger partial charge in [-0.1, -0.05) is 26.0 Å². The number of benzene rings is 1. The molecule has 0 bridgehead atoms. The SMILES string of the molecule is COC(=O)[C@@H]1CCCN1C(C)[C@@H](CC(=O)c1cccc(N2CCOCC2)c1)C(C)C. The minimum atomic E-state index is -0.189. The van der Waals surface area contributed by atoms with E-state index in [4.69, 9.17) is 9.47 Å². The Morgan fingerprint density at radius 2 is 1.90 bits per heavy atom. The minimum Gasteiger partial charge on any atom is -0.468 e. The molecule has 0 aromatic heterocycles. The summed E-state index contributed by atoms with van der Waals surface area (Å²) in [6, 6.07) is 7.92. The third-order valence-electron chi connectivity index (χ3n) is 6.73. The lowest BCUT2D eigenvalue weighted by Gasteiger charge is -2.36. The van der Waals surface area contributed by atoms with Crippen molar-refractivity contribution >= 4 is 17.4 Å². The van der Waals surface area contributed by atoms with Gasteiger partial charge in [0.25, 0.3) is 0 Å². The number of ether oxygens (including phenoxy) is 2. The maximum atomic E-state index is 13.2. The molecular formula is C24H36N2O4. The number of carbonyl (C=O) groups excluding carboxylic acids is 2. The first-order valence-electron chi connectivity index (χ1n) is 11.2. The maximum Gasteiger partial charge on any atom is 0.323 e. The molecule has 2 fully saturated rings. The van der Waals surface area contributed by atoms with E-state index < -0.39 is 0 Å². The summed E-state index contributed by atoms with van der Waals surface area (Å²) in [7, 11) is 1.45. The Bertz CT molecular complexity index is 730. The zero-order valence-electron chi connectivity index (χ0n) is 18.8. The number of rotatable bonds is 8. The van der Waals surface area contributed by atoms with E-state index >= 15 is 0 Å². The topological polar surface area (TPSA) is 59.1 Å². The van der Waals surface area contributed by atoms with Gasteiger partial charge in [0, 0.05) is 36.8 Å². The molecule has 2 saturated heterocycles. The number of methoxy groups -OCH3 is 1. The van der Waals surface area contributed by atoms with Gasteiger partial charge in [0.2, 0.25) is 0 Å². The summed E-state index contributed by atoms with van der Waals surface area (Å²) in [5, 5.41) is 0. The number of likely N-dealkylation sites (tertiary alicyclic amines) is 1. The van der Waals surface area contributed by atoms with E-state index in [9.17, 15) is 9.59 Å². The lowest BCUT2D eigenvalue weighted by Crippen LogP contribution is -2.47. The van der Waals surface area contributed by atoms with E-state index in [0.29, 0.717) is 12.3 Å². The van der Waals surface area contributed by atoms with Crippen molar-refractivity contribution in [3.63, 3.8) is 0 Å². The van der Waals surface area contributed by atoms with Crippen molar-refractivity contribution < 1.29 is 19.1 Å². The van der Waals surface area contributed by atoms with E-state index in [1.165, 1.54) is 7.11 Å². The predicted molar refractivity (Wildman–Crippen MR) is 118 cm³/mol. The van der Waals surface area contributed by atoms with Crippen LogP contribution in [-0.4, -0.2) is 68.7 Å². The van der Waals surface area contributed by atoms with E-state index in [0.717, 1.165) is 56.9 Å². The summed E-state index contributed by atoms with van der Waals surface area (Å²) in [5.74, 6) is 0.524. The monoisotopic (exact) mass is 416 g/mol. The van der Waals surface area contributed by atoms with Gasteiger partial charge >= 0.3 is 5.97 Å². The van der Waals surface area contributed by atoms with Crippen LogP contribution in [-0.2, 0) is 14.3 Å². The lowest BCUT2D eigenvalue weighted by molar-refractivity contribution is -0.147. The van der Waals surface area contributed by atoms with Crippen LogP contribution in [0.4, 0.5) is 5.69 Å². The van der Waals surface area contributed by atoms with Crippen LogP contribution in [0.3, 0.4) is 0 Å². The molecule has 0 spiro atoms. The highest BCUT2D eigenvalue weighted by atomic mass is 16.5. The Morgan fingerprint density at radius 1 is 1.17 bits per heavy atom. The van der Waals surface area contributed by atoms with Crippen LogP contribution in [0.15, 0.2) is 24.3 Å². The molecular weight excluding hydrogens is 380 g/mol. The largest absolute Gasteiger partial charge is 0.468 e. The molecule has 30 heavy (non-hydrogen) atoms. The molecule has 0 amide bonds. The molecule has 3 rings (SSSR count). The van der Waals surface area contributed by atoms with Gasteiger partial charge in [0.1, 0.15) is 6.04 Å². The fourth-order valence-electron chi connectivity index (χ4n) is 4.90. The van der Waals surface area contributed by atoms with Gasteiger partial charge in [0.15, 0.2) is 5.78 Å².